The van der Waals surface area contributed by atoms with Crippen molar-refractivity contribution in [1.82, 2.24) is 15.5 Å². The maximum Gasteiger partial charge on any atom is 0.234 e. The normalized spacial score (nSPS) is 12.9. The van der Waals surface area contributed by atoms with Gasteiger partial charge in [0.1, 0.15) is 0 Å². The summed E-state index contributed by atoms with van der Waals surface area (Å²) >= 11 is 0. The van der Waals surface area contributed by atoms with Crippen molar-refractivity contribution in [3.63, 3.8) is 0 Å². The lowest BCUT2D eigenvalue weighted by Crippen LogP contribution is -2.40. The Morgan fingerprint density at radius 3 is 2.60 bits per heavy atom. The van der Waals surface area contributed by atoms with E-state index >= 15 is 0 Å². The lowest BCUT2D eigenvalue weighted by atomic mass is 10.2. The molecule has 0 radical (unpaired) electrons. The minimum atomic E-state index is 0.0832. The summed E-state index contributed by atoms with van der Waals surface area (Å²) in [5, 5.41) is 6.04. The van der Waals surface area contributed by atoms with Crippen LogP contribution >= 0.6 is 0 Å². The minimum absolute atomic E-state index is 0.0832. The van der Waals surface area contributed by atoms with E-state index in [-0.39, 0.29) is 5.91 Å². The summed E-state index contributed by atoms with van der Waals surface area (Å²) in [6, 6.07) is 0.411. The molecule has 0 bridgehead atoms. The monoisotopic (exact) mass is 215 g/mol. The van der Waals surface area contributed by atoms with E-state index in [1.807, 2.05) is 7.05 Å². The van der Waals surface area contributed by atoms with Crippen LogP contribution in [-0.4, -0.2) is 50.1 Å². The van der Waals surface area contributed by atoms with Crippen molar-refractivity contribution in [2.75, 3.05) is 33.2 Å². The lowest BCUT2D eigenvalue weighted by Gasteiger charge is -2.15. The van der Waals surface area contributed by atoms with Gasteiger partial charge in [0.05, 0.1) is 6.54 Å². The molecule has 0 rings (SSSR count). The second-order valence-corrected chi connectivity index (χ2v) is 3.94. The Balaban J connectivity index is 3.41. The smallest absolute Gasteiger partial charge is 0.234 e. The predicted molar refractivity (Wildman–Crippen MR) is 63.9 cm³/mol. The Kier molecular flexibility index (Phi) is 8.33. The maximum atomic E-state index is 11.3. The molecule has 15 heavy (non-hydrogen) atoms. The Bertz CT molecular complexity index is 173. The highest BCUT2D eigenvalue weighted by Gasteiger charge is 2.03. The van der Waals surface area contributed by atoms with E-state index in [1.165, 1.54) is 0 Å². The molecule has 1 atom stereocenters. The molecule has 0 aliphatic heterocycles. The van der Waals surface area contributed by atoms with Gasteiger partial charge >= 0.3 is 0 Å². The van der Waals surface area contributed by atoms with Crippen molar-refractivity contribution in [2.45, 2.75) is 33.2 Å². The molecule has 0 aliphatic rings. The number of hydrogen-bond acceptors (Lipinski definition) is 3. The van der Waals surface area contributed by atoms with E-state index in [0.29, 0.717) is 12.6 Å². The van der Waals surface area contributed by atoms with Crippen LogP contribution in [0, 0.1) is 0 Å². The van der Waals surface area contributed by atoms with Crippen LogP contribution in [0.15, 0.2) is 0 Å². The highest BCUT2D eigenvalue weighted by molar-refractivity contribution is 5.77. The minimum Gasteiger partial charge on any atom is -0.354 e. The van der Waals surface area contributed by atoms with Gasteiger partial charge in [0.25, 0.3) is 0 Å². The van der Waals surface area contributed by atoms with Crippen molar-refractivity contribution in [2.24, 2.45) is 0 Å². The molecule has 90 valence electrons. The second-order valence-electron chi connectivity index (χ2n) is 3.94. The molecular weight excluding hydrogens is 190 g/mol. The first-order chi connectivity index (χ1) is 7.10. The average Bonchev–Trinajstić information content (AvgIpc) is 2.25. The molecule has 0 fully saturated rings. The van der Waals surface area contributed by atoms with Crippen molar-refractivity contribution in [3.8, 4) is 0 Å². The molecule has 0 aliphatic carbocycles. The Labute approximate surface area is 93.4 Å². The molecule has 0 saturated heterocycles. The van der Waals surface area contributed by atoms with Crippen molar-refractivity contribution >= 4 is 5.91 Å². The molecule has 1 unspecified atom stereocenters. The van der Waals surface area contributed by atoms with Gasteiger partial charge in [-0.25, -0.2) is 0 Å². The van der Waals surface area contributed by atoms with Crippen LogP contribution in [0.3, 0.4) is 0 Å². The fourth-order valence-corrected chi connectivity index (χ4v) is 1.02. The van der Waals surface area contributed by atoms with Crippen LogP contribution in [0.5, 0.6) is 0 Å². The molecule has 0 aromatic heterocycles. The first-order valence-corrected chi connectivity index (χ1v) is 5.78. The van der Waals surface area contributed by atoms with Gasteiger partial charge in [-0.3, -0.25) is 4.79 Å². The lowest BCUT2D eigenvalue weighted by molar-refractivity contribution is -0.120. The van der Waals surface area contributed by atoms with Crippen LogP contribution in [0.25, 0.3) is 0 Å². The van der Waals surface area contributed by atoms with Crippen molar-refractivity contribution in [1.29, 1.82) is 0 Å². The third kappa shape index (κ3) is 8.39. The number of carbonyl (C=O) groups excluding carboxylic acids is 1. The molecule has 0 spiro atoms. The third-order valence-corrected chi connectivity index (χ3v) is 2.58. The number of nitrogens with zero attached hydrogens (tertiary/aromatic N) is 1. The van der Waals surface area contributed by atoms with Gasteiger partial charge in [0, 0.05) is 19.1 Å². The number of nitrogens with one attached hydrogen (secondary N) is 2. The first kappa shape index (κ1) is 14.4. The van der Waals surface area contributed by atoms with E-state index in [2.05, 4.69) is 36.3 Å². The summed E-state index contributed by atoms with van der Waals surface area (Å²) < 4.78 is 0. The number of amides is 1. The molecule has 2 N–H and O–H groups in total. The number of carbonyl (C=O) groups is 1. The van der Waals surface area contributed by atoms with Crippen LogP contribution in [0.1, 0.15) is 27.2 Å². The van der Waals surface area contributed by atoms with E-state index in [4.69, 9.17) is 0 Å². The highest BCUT2D eigenvalue weighted by Crippen LogP contribution is 1.85. The van der Waals surface area contributed by atoms with Crippen molar-refractivity contribution < 1.29 is 4.79 Å². The van der Waals surface area contributed by atoms with E-state index in [9.17, 15) is 4.79 Å². The number of rotatable bonds is 8. The summed E-state index contributed by atoms with van der Waals surface area (Å²) in [5.41, 5.74) is 0. The van der Waals surface area contributed by atoms with Crippen LogP contribution < -0.4 is 10.6 Å². The standard InChI is InChI=1S/C11H25N3O/c1-5-10(3)13-9-11(15)12-7-8-14(4)6-2/h10,13H,5-9H2,1-4H3,(H,12,15). The molecule has 0 aromatic carbocycles. The number of likely N-dealkylation sites (N-methyl/N-ethyl adjacent to an activating group) is 1. The average molecular weight is 215 g/mol. The number of hydrogen-bond donors (Lipinski definition) is 2. The summed E-state index contributed by atoms with van der Waals surface area (Å²) in [5.74, 6) is 0.0832. The van der Waals surface area contributed by atoms with Gasteiger partial charge in [0.2, 0.25) is 5.91 Å². The second kappa shape index (κ2) is 8.68. The van der Waals surface area contributed by atoms with E-state index < -0.39 is 0 Å². The van der Waals surface area contributed by atoms with E-state index in [1.54, 1.807) is 0 Å². The molecule has 1 amide bonds. The van der Waals surface area contributed by atoms with Gasteiger partial charge < -0.3 is 15.5 Å². The summed E-state index contributed by atoms with van der Waals surface area (Å²) in [4.78, 5) is 13.5. The van der Waals surface area contributed by atoms with Crippen LogP contribution in [0.2, 0.25) is 0 Å². The zero-order valence-corrected chi connectivity index (χ0v) is 10.5. The maximum absolute atomic E-state index is 11.3. The van der Waals surface area contributed by atoms with Gasteiger partial charge in [-0.1, -0.05) is 13.8 Å². The first-order valence-electron chi connectivity index (χ1n) is 5.78. The van der Waals surface area contributed by atoms with Gasteiger partial charge in [-0.2, -0.15) is 0 Å². The van der Waals surface area contributed by atoms with Crippen LogP contribution in [0.4, 0.5) is 0 Å². The fourth-order valence-electron chi connectivity index (χ4n) is 1.02. The van der Waals surface area contributed by atoms with Gasteiger partial charge in [-0.05, 0) is 26.9 Å². The summed E-state index contributed by atoms with van der Waals surface area (Å²) in [6.45, 7) is 9.36. The largest absolute Gasteiger partial charge is 0.354 e. The Hall–Kier alpha value is -0.610. The highest BCUT2D eigenvalue weighted by atomic mass is 16.1. The Morgan fingerprint density at radius 1 is 1.40 bits per heavy atom. The molecule has 0 saturated carbocycles. The molecule has 4 nitrogen and oxygen atoms in total. The predicted octanol–water partition coefficient (Wildman–Crippen LogP) is 0.442. The Morgan fingerprint density at radius 2 is 2.07 bits per heavy atom. The summed E-state index contributed by atoms with van der Waals surface area (Å²) in [7, 11) is 2.05. The van der Waals surface area contributed by atoms with Crippen molar-refractivity contribution in [3.05, 3.63) is 0 Å². The molecular formula is C11H25N3O. The van der Waals surface area contributed by atoms with Gasteiger partial charge in [-0.15, -0.1) is 0 Å². The zero-order valence-electron chi connectivity index (χ0n) is 10.5. The molecule has 0 heterocycles. The topological polar surface area (TPSA) is 44.4 Å². The van der Waals surface area contributed by atoms with Gasteiger partial charge in [0.15, 0.2) is 0 Å². The summed E-state index contributed by atoms with van der Waals surface area (Å²) in [6.07, 6.45) is 1.05. The molecule has 0 aromatic rings. The fraction of sp³-hybridized carbons (Fsp3) is 0.909. The third-order valence-electron chi connectivity index (χ3n) is 2.58. The quantitative estimate of drug-likeness (QED) is 0.617. The van der Waals surface area contributed by atoms with E-state index in [0.717, 1.165) is 26.1 Å². The van der Waals surface area contributed by atoms with Crippen LogP contribution in [-0.2, 0) is 4.79 Å². The SMILES string of the molecule is CCC(C)NCC(=O)NCCN(C)CC. The molecule has 4 heteroatoms. The zero-order chi connectivity index (χ0) is 11.7.